The summed E-state index contributed by atoms with van der Waals surface area (Å²) in [6, 6.07) is 79.7. The van der Waals surface area contributed by atoms with Gasteiger partial charge in [0.2, 0.25) is 0 Å². The third-order valence-electron chi connectivity index (χ3n) is 16.9. The van der Waals surface area contributed by atoms with E-state index in [4.69, 9.17) is 0 Å². The van der Waals surface area contributed by atoms with E-state index in [1.165, 1.54) is 115 Å². The van der Waals surface area contributed by atoms with Crippen molar-refractivity contribution in [3.05, 3.63) is 223 Å². The van der Waals surface area contributed by atoms with Gasteiger partial charge in [0, 0.05) is 43.9 Å². The summed E-state index contributed by atoms with van der Waals surface area (Å²) < 4.78 is 5.10. The van der Waals surface area contributed by atoms with Crippen LogP contribution in [0, 0.1) is 23.7 Å². The zero-order valence-corrected chi connectivity index (χ0v) is 37.4. The average molecular weight is 860 g/mol. The van der Waals surface area contributed by atoms with Gasteiger partial charge in [-0.3, -0.25) is 0 Å². The Bertz CT molecular complexity index is 3680. The van der Waals surface area contributed by atoms with Crippen molar-refractivity contribution in [1.29, 1.82) is 0 Å². The summed E-state index contributed by atoms with van der Waals surface area (Å²) in [4.78, 5) is 2.54. The number of rotatable bonds is 6. The first-order valence-electron chi connectivity index (χ1n) is 24.5. The number of fused-ring (bicyclic) bond motifs is 8. The van der Waals surface area contributed by atoms with E-state index in [0.717, 1.165) is 23.2 Å². The predicted molar refractivity (Wildman–Crippen MR) is 278 cm³/mol. The van der Waals surface area contributed by atoms with E-state index in [2.05, 4.69) is 226 Å². The van der Waals surface area contributed by atoms with Gasteiger partial charge in [-0.05, 0) is 144 Å². The SMILES string of the molecule is c1ccc(-c2ccc(N(c3ccc(-c4ccccc4-n4c5ccccc5c5ccccc54)cc3)c3ccc4c5c3c3ccccc3n5-c3ccccc3C43C4CC5CC(C4)CC3C5)cc2)cc1. The van der Waals surface area contributed by atoms with Crippen LogP contribution in [-0.4, -0.2) is 9.13 Å². The summed E-state index contributed by atoms with van der Waals surface area (Å²) >= 11 is 0. The quantitative estimate of drug-likeness (QED) is 0.162. The summed E-state index contributed by atoms with van der Waals surface area (Å²) in [5.41, 5.74) is 19.2. The summed E-state index contributed by atoms with van der Waals surface area (Å²) in [5, 5.41) is 5.21. The third kappa shape index (κ3) is 5.23. The maximum absolute atomic E-state index is 2.65. The zero-order valence-electron chi connectivity index (χ0n) is 37.4. The topological polar surface area (TPSA) is 13.1 Å². The van der Waals surface area contributed by atoms with E-state index in [1.807, 2.05) is 0 Å². The van der Waals surface area contributed by atoms with Gasteiger partial charge in [-0.2, -0.15) is 0 Å². The van der Waals surface area contributed by atoms with Crippen molar-refractivity contribution in [3.8, 4) is 33.6 Å². The second-order valence-corrected chi connectivity index (χ2v) is 20.1. The third-order valence-corrected chi connectivity index (χ3v) is 16.9. The molecule has 67 heavy (non-hydrogen) atoms. The van der Waals surface area contributed by atoms with Crippen molar-refractivity contribution >= 4 is 60.7 Å². The molecule has 9 aromatic carbocycles. The van der Waals surface area contributed by atoms with Crippen LogP contribution in [0.25, 0.3) is 77.2 Å². The van der Waals surface area contributed by atoms with Crippen LogP contribution in [0.1, 0.15) is 43.2 Å². The van der Waals surface area contributed by atoms with Crippen LogP contribution in [0.4, 0.5) is 17.1 Å². The molecule has 4 fully saturated rings. The lowest BCUT2D eigenvalue weighted by Gasteiger charge is -2.63. The van der Waals surface area contributed by atoms with E-state index in [9.17, 15) is 0 Å². The lowest BCUT2D eigenvalue weighted by Crippen LogP contribution is -2.57. The fourth-order valence-electron chi connectivity index (χ4n) is 14.6. The molecule has 3 heterocycles. The first kappa shape index (κ1) is 37.6. The summed E-state index contributed by atoms with van der Waals surface area (Å²) in [5.74, 6) is 3.11. The lowest BCUT2D eigenvalue weighted by atomic mass is 9.41. The molecule has 0 radical (unpaired) electrons. The maximum atomic E-state index is 2.65. The Morgan fingerprint density at radius 1 is 0.373 bits per heavy atom. The standard InChI is InChI=1S/C64H49N3/c1-2-14-43(15-3-1)44-26-30-48(31-27-44)65(49-32-28-45(29-33-49)50-16-4-9-21-56(50)66-57-22-10-5-17-51(57)52-18-6-11-23-58(52)66)61-35-34-55-63-62(61)53-19-7-12-24-59(53)67(63)60-25-13-8-20-54(60)64(55)46-37-41-36-42(39-46)40-47(64)38-41/h1-35,41-42,46-47H,36-40H2. The first-order chi connectivity index (χ1) is 33.2. The van der Waals surface area contributed by atoms with E-state index >= 15 is 0 Å². The second-order valence-electron chi connectivity index (χ2n) is 20.1. The molecular weight excluding hydrogens is 811 g/mol. The summed E-state index contributed by atoms with van der Waals surface area (Å²) in [6.07, 6.45) is 6.88. The molecule has 11 aromatic rings. The Morgan fingerprint density at radius 3 is 1.54 bits per heavy atom. The van der Waals surface area contributed by atoms with Crippen molar-refractivity contribution < 1.29 is 0 Å². The fourth-order valence-corrected chi connectivity index (χ4v) is 14.6. The average Bonchev–Trinajstić information content (AvgIpc) is 3.91. The highest BCUT2D eigenvalue weighted by Gasteiger charge is 2.61. The minimum atomic E-state index is 0.0265. The second kappa shape index (κ2) is 14.2. The molecule has 3 heteroatoms. The summed E-state index contributed by atoms with van der Waals surface area (Å²) in [7, 11) is 0. The molecule has 0 saturated heterocycles. The van der Waals surface area contributed by atoms with Crippen molar-refractivity contribution in [2.45, 2.75) is 37.5 Å². The van der Waals surface area contributed by atoms with Crippen LogP contribution in [0.2, 0.25) is 0 Å². The van der Waals surface area contributed by atoms with Gasteiger partial charge in [-0.25, -0.2) is 0 Å². The molecule has 1 aliphatic heterocycles. The van der Waals surface area contributed by atoms with Crippen molar-refractivity contribution in [2.24, 2.45) is 23.7 Å². The number of benzene rings is 9. The Labute approximate surface area is 391 Å². The number of aromatic nitrogens is 2. The van der Waals surface area contributed by atoms with Crippen LogP contribution in [0.5, 0.6) is 0 Å². The Kier molecular flexibility index (Phi) is 7.96. The van der Waals surface area contributed by atoms with Gasteiger partial charge in [-0.1, -0.05) is 152 Å². The van der Waals surface area contributed by atoms with Crippen molar-refractivity contribution in [1.82, 2.24) is 9.13 Å². The highest BCUT2D eigenvalue weighted by atomic mass is 15.1. The van der Waals surface area contributed by atoms with Gasteiger partial charge in [0.1, 0.15) is 0 Å². The Morgan fingerprint density at radius 2 is 0.881 bits per heavy atom. The van der Waals surface area contributed by atoms with Gasteiger partial charge in [0.15, 0.2) is 0 Å². The Hall–Kier alpha value is -7.62. The van der Waals surface area contributed by atoms with E-state index < -0.39 is 0 Å². The molecule has 0 amide bonds. The van der Waals surface area contributed by atoms with Gasteiger partial charge in [-0.15, -0.1) is 0 Å². The number of para-hydroxylation sites is 5. The fraction of sp³-hybridized carbons (Fsp3) is 0.156. The molecule has 4 saturated carbocycles. The number of hydrogen-bond donors (Lipinski definition) is 0. The molecule has 4 bridgehead atoms. The number of anilines is 3. The van der Waals surface area contributed by atoms with Gasteiger partial charge < -0.3 is 14.0 Å². The molecule has 5 aliphatic rings. The molecule has 1 spiro atoms. The number of nitrogens with zero attached hydrogens (tertiary/aromatic N) is 3. The van der Waals surface area contributed by atoms with Crippen LogP contribution < -0.4 is 4.90 Å². The van der Waals surface area contributed by atoms with Crippen molar-refractivity contribution in [3.63, 3.8) is 0 Å². The van der Waals surface area contributed by atoms with Gasteiger partial charge in [0.25, 0.3) is 0 Å². The van der Waals surface area contributed by atoms with E-state index in [-0.39, 0.29) is 5.41 Å². The van der Waals surface area contributed by atoms with Crippen LogP contribution >= 0.6 is 0 Å². The van der Waals surface area contributed by atoms with Crippen LogP contribution in [-0.2, 0) is 5.41 Å². The normalized spacial score (nSPS) is 21.2. The van der Waals surface area contributed by atoms with Crippen LogP contribution in [0.15, 0.2) is 212 Å². The molecule has 3 nitrogen and oxygen atoms in total. The maximum Gasteiger partial charge on any atom is 0.0603 e. The van der Waals surface area contributed by atoms with E-state index in [0.29, 0.717) is 11.8 Å². The van der Waals surface area contributed by atoms with Gasteiger partial charge in [0.05, 0.1) is 39.1 Å². The molecule has 320 valence electrons. The molecule has 16 rings (SSSR count). The Balaban J connectivity index is 0.949. The van der Waals surface area contributed by atoms with Crippen molar-refractivity contribution in [2.75, 3.05) is 4.90 Å². The zero-order chi connectivity index (χ0) is 43.8. The highest BCUT2D eigenvalue weighted by Crippen LogP contribution is 2.68. The van der Waals surface area contributed by atoms with Gasteiger partial charge >= 0.3 is 0 Å². The minimum absolute atomic E-state index is 0.0265. The minimum Gasteiger partial charge on any atom is -0.310 e. The predicted octanol–water partition coefficient (Wildman–Crippen LogP) is 16.7. The van der Waals surface area contributed by atoms with E-state index in [1.54, 1.807) is 11.1 Å². The molecule has 0 atom stereocenters. The highest BCUT2D eigenvalue weighted by molar-refractivity contribution is 6.18. The van der Waals surface area contributed by atoms with Crippen LogP contribution in [0.3, 0.4) is 0 Å². The summed E-state index contributed by atoms with van der Waals surface area (Å²) in [6.45, 7) is 0. The molecule has 0 unspecified atom stereocenters. The molecule has 0 N–H and O–H groups in total. The molecule has 2 aromatic heterocycles. The largest absolute Gasteiger partial charge is 0.310 e. The molecular formula is C64H49N3. The smallest absolute Gasteiger partial charge is 0.0603 e. The lowest BCUT2D eigenvalue weighted by molar-refractivity contribution is -0.0418. The first-order valence-corrected chi connectivity index (χ1v) is 24.5. The molecule has 4 aliphatic carbocycles. The number of hydrogen-bond acceptors (Lipinski definition) is 1. The monoisotopic (exact) mass is 859 g/mol.